The first-order valence-corrected chi connectivity index (χ1v) is 8.78. The highest BCUT2D eigenvalue weighted by Gasteiger charge is 2.27. The monoisotopic (exact) mass is 320 g/mol. The molecule has 0 N–H and O–H groups in total. The van der Waals surface area contributed by atoms with Gasteiger partial charge in [0.2, 0.25) is 6.79 Å². The lowest BCUT2D eigenvalue weighted by Gasteiger charge is -2.19. The Morgan fingerprint density at radius 3 is 2.64 bits per heavy atom. The third-order valence-electron chi connectivity index (χ3n) is 3.13. The minimum atomic E-state index is -3.28. The average Bonchev–Trinajstić information content (AvgIpc) is 2.95. The second-order valence-corrected chi connectivity index (χ2v) is 6.76. The SMILES string of the molecule is CCOP(=O)(Cc1ccccc1)Oc1ccc2c(c1)OCO2. The van der Waals surface area contributed by atoms with Crippen LogP contribution in [0.5, 0.6) is 17.2 Å². The predicted molar refractivity (Wildman–Crippen MR) is 82.6 cm³/mol. The van der Waals surface area contributed by atoms with Crippen molar-refractivity contribution >= 4 is 7.60 Å². The molecule has 0 bridgehead atoms. The quantitative estimate of drug-likeness (QED) is 0.746. The van der Waals surface area contributed by atoms with E-state index in [1.807, 2.05) is 30.3 Å². The van der Waals surface area contributed by atoms with Gasteiger partial charge in [-0.15, -0.1) is 0 Å². The van der Waals surface area contributed by atoms with Crippen LogP contribution in [0.25, 0.3) is 0 Å². The minimum absolute atomic E-state index is 0.186. The smallest absolute Gasteiger partial charge is 0.383 e. The first kappa shape index (κ1) is 14.9. The van der Waals surface area contributed by atoms with Gasteiger partial charge in [-0.2, -0.15) is 0 Å². The number of ether oxygens (including phenoxy) is 2. The van der Waals surface area contributed by atoms with Crippen molar-refractivity contribution in [2.24, 2.45) is 0 Å². The summed E-state index contributed by atoms with van der Waals surface area (Å²) in [5, 5.41) is 0. The summed E-state index contributed by atoms with van der Waals surface area (Å²) in [5.41, 5.74) is 0.903. The van der Waals surface area contributed by atoms with Gasteiger partial charge >= 0.3 is 7.60 Å². The summed E-state index contributed by atoms with van der Waals surface area (Å²) in [6.07, 6.45) is 0.218. The van der Waals surface area contributed by atoms with Gasteiger partial charge in [0.15, 0.2) is 11.5 Å². The van der Waals surface area contributed by atoms with Crippen LogP contribution in [0.15, 0.2) is 48.5 Å². The van der Waals surface area contributed by atoms with Gasteiger partial charge in [0.05, 0.1) is 12.8 Å². The minimum Gasteiger partial charge on any atom is -0.454 e. The van der Waals surface area contributed by atoms with Gasteiger partial charge in [-0.1, -0.05) is 30.3 Å². The highest BCUT2D eigenvalue weighted by molar-refractivity contribution is 7.53. The highest BCUT2D eigenvalue weighted by Crippen LogP contribution is 2.52. The molecular weight excluding hydrogens is 303 g/mol. The fourth-order valence-corrected chi connectivity index (χ4v) is 3.90. The number of benzene rings is 2. The molecule has 1 atom stereocenters. The molecule has 1 aliphatic heterocycles. The summed E-state index contributed by atoms with van der Waals surface area (Å²) >= 11 is 0. The normalized spacial score (nSPS) is 15.3. The van der Waals surface area contributed by atoms with Crippen LogP contribution in [0, 0.1) is 0 Å². The first-order chi connectivity index (χ1) is 10.7. The Morgan fingerprint density at radius 2 is 1.86 bits per heavy atom. The van der Waals surface area contributed by atoms with Crippen molar-refractivity contribution in [1.29, 1.82) is 0 Å². The molecule has 0 radical (unpaired) electrons. The summed E-state index contributed by atoms with van der Waals surface area (Å²) < 4.78 is 34.6. The number of rotatable bonds is 6. The summed E-state index contributed by atoms with van der Waals surface area (Å²) in [4.78, 5) is 0. The molecule has 0 aromatic heterocycles. The van der Waals surface area contributed by atoms with Gasteiger partial charge in [-0.3, -0.25) is 4.52 Å². The molecule has 0 saturated heterocycles. The van der Waals surface area contributed by atoms with E-state index in [4.69, 9.17) is 18.5 Å². The molecule has 5 nitrogen and oxygen atoms in total. The van der Waals surface area contributed by atoms with Crippen LogP contribution in [-0.2, 0) is 15.3 Å². The molecule has 3 rings (SSSR count). The third kappa shape index (κ3) is 3.43. The van der Waals surface area contributed by atoms with Crippen LogP contribution in [0.4, 0.5) is 0 Å². The molecule has 1 aliphatic rings. The van der Waals surface area contributed by atoms with Crippen molar-refractivity contribution in [2.45, 2.75) is 13.1 Å². The van der Waals surface area contributed by atoms with Crippen LogP contribution in [0.1, 0.15) is 12.5 Å². The van der Waals surface area contributed by atoms with E-state index < -0.39 is 7.60 Å². The zero-order valence-electron chi connectivity index (χ0n) is 12.2. The molecule has 0 saturated carbocycles. The van der Waals surface area contributed by atoms with Crippen molar-refractivity contribution in [2.75, 3.05) is 13.4 Å². The summed E-state index contributed by atoms with van der Waals surface area (Å²) in [5.74, 6) is 1.68. The molecule has 0 spiro atoms. The highest BCUT2D eigenvalue weighted by atomic mass is 31.2. The van der Waals surface area contributed by atoms with Crippen molar-refractivity contribution in [3.05, 3.63) is 54.1 Å². The van der Waals surface area contributed by atoms with Gasteiger partial charge in [-0.05, 0) is 24.6 Å². The number of hydrogen-bond acceptors (Lipinski definition) is 5. The van der Waals surface area contributed by atoms with E-state index in [1.54, 1.807) is 25.1 Å². The Kier molecular flexibility index (Phi) is 4.36. The average molecular weight is 320 g/mol. The molecule has 2 aromatic rings. The van der Waals surface area contributed by atoms with E-state index in [1.165, 1.54) is 0 Å². The largest absolute Gasteiger partial charge is 0.454 e. The van der Waals surface area contributed by atoms with Crippen LogP contribution >= 0.6 is 7.60 Å². The summed E-state index contributed by atoms with van der Waals surface area (Å²) in [7, 11) is -3.28. The zero-order valence-corrected chi connectivity index (χ0v) is 13.1. The predicted octanol–water partition coefficient (Wildman–Crippen LogP) is 4.22. The fourth-order valence-electron chi connectivity index (χ4n) is 2.20. The molecule has 0 amide bonds. The molecule has 6 heteroatoms. The topological polar surface area (TPSA) is 54.0 Å². The van der Waals surface area contributed by atoms with Crippen molar-refractivity contribution < 1.29 is 23.1 Å². The lowest BCUT2D eigenvalue weighted by molar-refractivity contribution is 0.174. The van der Waals surface area contributed by atoms with E-state index in [-0.39, 0.29) is 13.0 Å². The molecule has 116 valence electrons. The lowest BCUT2D eigenvalue weighted by Crippen LogP contribution is -2.01. The third-order valence-corrected chi connectivity index (χ3v) is 5.03. The second-order valence-electron chi connectivity index (χ2n) is 4.78. The maximum absolute atomic E-state index is 12.9. The Labute approximate surface area is 129 Å². The number of fused-ring (bicyclic) bond motifs is 1. The van der Waals surface area contributed by atoms with E-state index in [2.05, 4.69) is 0 Å². The Balaban J connectivity index is 1.80. The summed E-state index contributed by atoms with van der Waals surface area (Å²) in [6, 6.07) is 14.6. The van der Waals surface area contributed by atoms with E-state index in [9.17, 15) is 4.57 Å². The van der Waals surface area contributed by atoms with Gasteiger partial charge in [0.1, 0.15) is 5.75 Å². The van der Waals surface area contributed by atoms with Gasteiger partial charge in [0, 0.05) is 6.07 Å². The molecule has 22 heavy (non-hydrogen) atoms. The van der Waals surface area contributed by atoms with Crippen molar-refractivity contribution in [1.82, 2.24) is 0 Å². The van der Waals surface area contributed by atoms with Gasteiger partial charge < -0.3 is 14.0 Å². The van der Waals surface area contributed by atoms with Crippen LogP contribution in [-0.4, -0.2) is 13.4 Å². The van der Waals surface area contributed by atoms with E-state index in [0.29, 0.717) is 23.9 Å². The van der Waals surface area contributed by atoms with Crippen molar-refractivity contribution in [3.8, 4) is 17.2 Å². The van der Waals surface area contributed by atoms with E-state index in [0.717, 1.165) is 5.56 Å². The zero-order chi connectivity index (χ0) is 15.4. The second kappa shape index (κ2) is 6.42. The molecular formula is C16H17O5P. The van der Waals surface area contributed by atoms with Crippen LogP contribution < -0.4 is 14.0 Å². The maximum atomic E-state index is 12.9. The van der Waals surface area contributed by atoms with Crippen LogP contribution in [0.2, 0.25) is 0 Å². The Morgan fingerprint density at radius 1 is 1.09 bits per heavy atom. The molecule has 0 aliphatic carbocycles. The van der Waals surface area contributed by atoms with Gasteiger partial charge in [-0.25, -0.2) is 4.57 Å². The standard InChI is InChI=1S/C16H17O5P/c1-2-20-22(17,11-13-6-4-3-5-7-13)21-14-8-9-15-16(10-14)19-12-18-15/h3-10H,2,11-12H2,1H3. The van der Waals surface area contributed by atoms with Crippen LogP contribution in [0.3, 0.4) is 0 Å². The maximum Gasteiger partial charge on any atom is 0.383 e. The fraction of sp³-hybridized carbons (Fsp3) is 0.250. The molecule has 2 aromatic carbocycles. The van der Waals surface area contributed by atoms with Gasteiger partial charge in [0.25, 0.3) is 0 Å². The lowest BCUT2D eigenvalue weighted by atomic mass is 10.2. The Bertz CT molecular complexity index is 686. The molecule has 0 fully saturated rings. The first-order valence-electron chi connectivity index (χ1n) is 7.05. The molecule has 1 unspecified atom stereocenters. The van der Waals surface area contributed by atoms with E-state index >= 15 is 0 Å². The Hall–Kier alpha value is -1.97. The van der Waals surface area contributed by atoms with Crippen molar-refractivity contribution in [3.63, 3.8) is 0 Å². The molecule has 1 heterocycles. The number of hydrogen-bond donors (Lipinski definition) is 0. The summed E-state index contributed by atoms with van der Waals surface area (Å²) in [6.45, 7) is 2.29.